The second kappa shape index (κ2) is 7.25. The molecule has 2 fully saturated rings. The van der Waals surface area contributed by atoms with E-state index >= 15 is 0 Å². The monoisotopic (exact) mass is 312 g/mol. The molecule has 0 radical (unpaired) electrons. The van der Waals surface area contributed by atoms with Crippen LogP contribution < -0.4 is 5.73 Å². The Hall–Kier alpha value is -0.690. The fourth-order valence-corrected chi connectivity index (χ4v) is 3.15. The summed E-state index contributed by atoms with van der Waals surface area (Å²) in [6.07, 6.45) is 0.282. The van der Waals surface area contributed by atoms with E-state index in [2.05, 4.69) is 23.6 Å². The number of amides is 1. The molecule has 0 saturated carbocycles. The van der Waals surface area contributed by atoms with Gasteiger partial charge in [0.1, 0.15) is 0 Å². The maximum atomic E-state index is 12.2. The lowest BCUT2D eigenvalue weighted by molar-refractivity contribution is -0.138. The van der Waals surface area contributed by atoms with Gasteiger partial charge in [-0.2, -0.15) is 0 Å². The van der Waals surface area contributed by atoms with Gasteiger partial charge in [-0.05, 0) is 27.7 Å². The first-order chi connectivity index (χ1) is 10.3. The number of nitrogens with two attached hydrogens (primary N) is 1. The van der Waals surface area contributed by atoms with Crippen LogP contribution in [0.3, 0.4) is 0 Å². The second-order valence-electron chi connectivity index (χ2n) is 7.40. The lowest BCUT2D eigenvalue weighted by Gasteiger charge is -2.41. The summed E-state index contributed by atoms with van der Waals surface area (Å²) in [5, 5.41) is 0. The summed E-state index contributed by atoms with van der Waals surface area (Å²) < 4.78 is 5.91. The van der Waals surface area contributed by atoms with Crippen molar-refractivity contribution in [2.45, 2.75) is 45.4 Å². The van der Waals surface area contributed by atoms with Crippen molar-refractivity contribution in [1.29, 1.82) is 0 Å². The van der Waals surface area contributed by atoms with Gasteiger partial charge >= 0.3 is 0 Å². The fraction of sp³-hybridized carbons (Fsp3) is 0.938. The van der Waals surface area contributed by atoms with Crippen molar-refractivity contribution in [2.75, 3.05) is 52.4 Å². The third-order valence-electron chi connectivity index (χ3n) is 4.57. The molecule has 2 N–H and O–H groups in total. The number of hydrogen-bond acceptors (Lipinski definition) is 5. The third kappa shape index (κ3) is 4.65. The van der Waals surface area contributed by atoms with Crippen molar-refractivity contribution in [3.05, 3.63) is 0 Å². The average molecular weight is 312 g/mol. The molecular formula is C16H32N4O2. The van der Waals surface area contributed by atoms with Crippen molar-refractivity contribution in [2.24, 2.45) is 5.73 Å². The summed E-state index contributed by atoms with van der Waals surface area (Å²) in [4.78, 5) is 19.0. The Kier molecular flexibility index (Phi) is 5.82. The van der Waals surface area contributed by atoms with E-state index in [0.717, 1.165) is 52.4 Å². The van der Waals surface area contributed by atoms with Gasteiger partial charge in [-0.3, -0.25) is 14.6 Å². The Morgan fingerprint density at radius 2 is 1.86 bits per heavy atom. The minimum atomic E-state index is -0.771. The molecule has 2 rings (SSSR count). The predicted octanol–water partition coefficient (Wildman–Crippen LogP) is -0.0229. The standard InChI is InChI=1S/C16H32N4O2/c1-13(2)20-9-10-22-14(12-20)11-18-5-7-19(8-6-18)15(21)16(3,4)17/h13-14H,5-12,17H2,1-4H3. The molecule has 1 atom stereocenters. The largest absolute Gasteiger partial charge is 0.374 e. The summed E-state index contributed by atoms with van der Waals surface area (Å²) in [7, 11) is 0. The highest BCUT2D eigenvalue weighted by Gasteiger charge is 2.31. The van der Waals surface area contributed by atoms with Crippen LogP contribution >= 0.6 is 0 Å². The molecule has 6 heteroatoms. The summed E-state index contributed by atoms with van der Waals surface area (Å²) in [6.45, 7) is 15.2. The fourth-order valence-electron chi connectivity index (χ4n) is 3.15. The Morgan fingerprint density at radius 1 is 1.23 bits per heavy atom. The molecule has 2 aliphatic rings. The van der Waals surface area contributed by atoms with Gasteiger partial charge in [0.15, 0.2) is 0 Å². The summed E-state index contributed by atoms with van der Waals surface area (Å²) in [5.41, 5.74) is 5.14. The van der Waals surface area contributed by atoms with E-state index in [-0.39, 0.29) is 12.0 Å². The molecule has 128 valence electrons. The predicted molar refractivity (Wildman–Crippen MR) is 87.7 cm³/mol. The molecular weight excluding hydrogens is 280 g/mol. The van der Waals surface area contributed by atoms with Gasteiger partial charge in [0, 0.05) is 51.9 Å². The first-order valence-electron chi connectivity index (χ1n) is 8.43. The quantitative estimate of drug-likeness (QED) is 0.790. The zero-order valence-corrected chi connectivity index (χ0v) is 14.5. The molecule has 0 bridgehead atoms. The van der Waals surface area contributed by atoms with Crippen LogP contribution in [-0.2, 0) is 9.53 Å². The molecule has 6 nitrogen and oxygen atoms in total. The van der Waals surface area contributed by atoms with Gasteiger partial charge in [0.05, 0.1) is 18.2 Å². The van der Waals surface area contributed by atoms with Crippen molar-refractivity contribution >= 4 is 5.91 Å². The lowest BCUT2D eigenvalue weighted by atomic mass is 10.0. The van der Waals surface area contributed by atoms with Crippen LogP contribution in [0.4, 0.5) is 0 Å². The van der Waals surface area contributed by atoms with Crippen molar-refractivity contribution in [1.82, 2.24) is 14.7 Å². The number of carbonyl (C=O) groups excluding carboxylic acids is 1. The topological polar surface area (TPSA) is 62.0 Å². The average Bonchev–Trinajstić information content (AvgIpc) is 2.46. The third-order valence-corrected chi connectivity index (χ3v) is 4.57. The summed E-state index contributed by atoms with van der Waals surface area (Å²) >= 11 is 0. The highest BCUT2D eigenvalue weighted by molar-refractivity contribution is 5.85. The zero-order valence-electron chi connectivity index (χ0n) is 14.5. The summed E-state index contributed by atoms with van der Waals surface area (Å²) in [6, 6.07) is 0.577. The lowest BCUT2D eigenvalue weighted by Crippen LogP contribution is -2.58. The first kappa shape index (κ1) is 17.7. The second-order valence-corrected chi connectivity index (χ2v) is 7.40. The zero-order chi connectivity index (χ0) is 16.3. The van der Waals surface area contributed by atoms with Gasteiger partial charge in [-0.15, -0.1) is 0 Å². The Morgan fingerprint density at radius 3 is 2.41 bits per heavy atom. The molecule has 0 aromatic rings. The van der Waals surface area contributed by atoms with Crippen LogP contribution in [0.25, 0.3) is 0 Å². The highest BCUT2D eigenvalue weighted by Crippen LogP contribution is 2.13. The molecule has 2 saturated heterocycles. The van der Waals surface area contributed by atoms with Crippen molar-refractivity contribution in [3.8, 4) is 0 Å². The molecule has 0 aliphatic carbocycles. The normalized spacial score (nSPS) is 25.7. The van der Waals surface area contributed by atoms with E-state index in [0.29, 0.717) is 6.04 Å². The molecule has 22 heavy (non-hydrogen) atoms. The number of carbonyl (C=O) groups is 1. The number of hydrogen-bond donors (Lipinski definition) is 1. The first-order valence-corrected chi connectivity index (χ1v) is 8.43. The van der Waals surface area contributed by atoms with E-state index in [1.165, 1.54) is 0 Å². The van der Waals surface area contributed by atoms with Crippen LogP contribution in [0.1, 0.15) is 27.7 Å². The number of ether oxygens (including phenoxy) is 1. The number of nitrogens with zero attached hydrogens (tertiary/aromatic N) is 3. The maximum absolute atomic E-state index is 12.2. The smallest absolute Gasteiger partial charge is 0.242 e. The van der Waals surface area contributed by atoms with E-state index < -0.39 is 5.54 Å². The van der Waals surface area contributed by atoms with Crippen LogP contribution in [0, 0.1) is 0 Å². The van der Waals surface area contributed by atoms with Crippen molar-refractivity contribution < 1.29 is 9.53 Å². The van der Waals surface area contributed by atoms with Crippen molar-refractivity contribution in [3.63, 3.8) is 0 Å². The SMILES string of the molecule is CC(C)N1CCOC(CN2CCN(C(=O)C(C)(C)N)CC2)C1. The van der Waals surface area contributed by atoms with Gasteiger partial charge in [-0.1, -0.05) is 0 Å². The van der Waals surface area contributed by atoms with E-state index in [1.54, 1.807) is 13.8 Å². The van der Waals surface area contributed by atoms with E-state index in [9.17, 15) is 4.79 Å². The van der Waals surface area contributed by atoms with Crippen LogP contribution in [0.15, 0.2) is 0 Å². The summed E-state index contributed by atoms with van der Waals surface area (Å²) in [5.74, 6) is 0.0482. The Bertz CT molecular complexity index is 373. The Labute approximate surface area is 134 Å². The number of morpholine rings is 1. The van der Waals surface area contributed by atoms with Crippen LogP contribution in [0.5, 0.6) is 0 Å². The van der Waals surface area contributed by atoms with E-state index in [1.807, 2.05) is 4.90 Å². The van der Waals surface area contributed by atoms with Gasteiger partial charge in [0.2, 0.25) is 5.91 Å². The van der Waals surface area contributed by atoms with E-state index in [4.69, 9.17) is 10.5 Å². The van der Waals surface area contributed by atoms with Gasteiger partial charge in [0.25, 0.3) is 0 Å². The van der Waals surface area contributed by atoms with Crippen LogP contribution in [-0.4, -0.2) is 90.7 Å². The van der Waals surface area contributed by atoms with Crippen LogP contribution in [0.2, 0.25) is 0 Å². The maximum Gasteiger partial charge on any atom is 0.242 e. The Balaban J connectivity index is 1.77. The molecule has 0 spiro atoms. The minimum Gasteiger partial charge on any atom is -0.374 e. The number of piperazine rings is 1. The molecule has 1 unspecified atom stereocenters. The molecule has 2 heterocycles. The molecule has 1 amide bonds. The minimum absolute atomic E-state index is 0.0482. The van der Waals surface area contributed by atoms with Gasteiger partial charge < -0.3 is 15.4 Å². The number of rotatable bonds is 4. The van der Waals surface area contributed by atoms with Gasteiger partial charge in [-0.25, -0.2) is 0 Å². The molecule has 0 aromatic carbocycles. The molecule has 0 aromatic heterocycles. The highest BCUT2D eigenvalue weighted by atomic mass is 16.5. The molecule has 2 aliphatic heterocycles.